The summed E-state index contributed by atoms with van der Waals surface area (Å²) in [6, 6.07) is 15.6. The smallest absolute Gasteiger partial charge is 0.350 e. The van der Waals surface area contributed by atoms with Gasteiger partial charge in [-0.1, -0.05) is 30.3 Å². The van der Waals surface area contributed by atoms with Crippen molar-refractivity contribution in [1.82, 2.24) is 4.90 Å². The fraction of sp³-hybridized carbons (Fsp3) is 0.217. The highest BCUT2D eigenvalue weighted by Gasteiger charge is 2.38. The number of esters is 1. The molecule has 4 rings (SSSR count). The molecule has 2 aromatic carbocycles. The van der Waals surface area contributed by atoms with Gasteiger partial charge >= 0.3 is 5.97 Å². The van der Waals surface area contributed by atoms with Gasteiger partial charge in [-0.25, -0.2) is 4.79 Å². The molecule has 1 atom stereocenters. The Morgan fingerprint density at radius 1 is 1.19 bits per heavy atom. The van der Waals surface area contributed by atoms with Crippen LogP contribution in [0.1, 0.15) is 49.1 Å². The molecule has 3 aromatic rings. The predicted molar refractivity (Wildman–Crippen MR) is 121 cm³/mol. The Bertz CT molecular complexity index is 1170. The molecule has 1 unspecified atom stereocenters. The van der Waals surface area contributed by atoms with E-state index in [9.17, 15) is 19.7 Å². The van der Waals surface area contributed by atoms with Gasteiger partial charge in [-0.3, -0.25) is 14.9 Å². The molecule has 32 heavy (non-hydrogen) atoms. The number of nitrogens with one attached hydrogen (secondary N) is 1. The van der Waals surface area contributed by atoms with Crippen LogP contribution in [0.2, 0.25) is 0 Å². The lowest BCUT2D eigenvalue weighted by molar-refractivity contribution is -0.384. The summed E-state index contributed by atoms with van der Waals surface area (Å²) in [5, 5.41) is 14.4. The van der Waals surface area contributed by atoms with Crippen molar-refractivity contribution < 1.29 is 19.2 Å². The van der Waals surface area contributed by atoms with Crippen molar-refractivity contribution in [3.63, 3.8) is 0 Å². The third-order valence-corrected chi connectivity index (χ3v) is 6.31. The van der Waals surface area contributed by atoms with Gasteiger partial charge in [-0.15, -0.1) is 11.3 Å². The number of fused-ring (bicyclic) bond motifs is 1. The third kappa shape index (κ3) is 3.94. The quantitative estimate of drug-likeness (QED) is 0.325. The molecule has 1 aliphatic heterocycles. The summed E-state index contributed by atoms with van der Waals surface area (Å²) >= 11 is 1.22. The van der Waals surface area contributed by atoms with Gasteiger partial charge in [0.25, 0.3) is 11.6 Å². The van der Waals surface area contributed by atoms with Crippen molar-refractivity contribution in [2.75, 3.05) is 11.9 Å². The Balaban J connectivity index is 1.79. The van der Waals surface area contributed by atoms with Crippen molar-refractivity contribution in [2.45, 2.75) is 26.6 Å². The molecule has 1 N–H and O–H groups in total. The molecule has 9 heteroatoms. The summed E-state index contributed by atoms with van der Waals surface area (Å²) in [5.74, 6) is -0.698. The number of thiophene rings is 1. The molecule has 164 valence electrons. The molecular weight excluding hydrogens is 430 g/mol. The van der Waals surface area contributed by atoms with Crippen molar-refractivity contribution in [3.05, 3.63) is 91.2 Å². The van der Waals surface area contributed by atoms with Crippen molar-refractivity contribution in [1.29, 1.82) is 0 Å². The SMILES string of the molecule is CCOC(=O)c1sc(C)c2c1NC(c1ccc([N+](=O)[O-])cc1)N(Cc1ccccc1)C2=O. The van der Waals surface area contributed by atoms with Gasteiger partial charge in [-0.2, -0.15) is 0 Å². The Morgan fingerprint density at radius 2 is 1.88 bits per heavy atom. The van der Waals surface area contributed by atoms with E-state index in [1.165, 1.54) is 23.5 Å². The van der Waals surface area contributed by atoms with Crippen LogP contribution < -0.4 is 5.32 Å². The van der Waals surface area contributed by atoms with Gasteiger partial charge in [0.15, 0.2) is 0 Å². The number of amides is 1. The molecule has 0 saturated heterocycles. The standard InChI is InChI=1S/C23H21N3O5S/c1-3-31-23(28)20-19-18(14(2)32-20)22(27)25(13-15-7-5-4-6-8-15)21(24-19)16-9-11-17(12-10-16)26(29)30/h4-12,21,24H,3,13H2,1-2H3. The van der Waals surface area contributed by atoms with Gasteiger partial charge in [0.05, 0.1) is 22.8 Å². The Kier molecular flexibility index (Phi) is 5.91. The van der Waals surface area contributed by atoms with E-state index in [0.29, 0.717) is 28.2 Å². The zero-order valence-electron chi connectivity index (χ0n) is 17.5. The topological polar surface area (TPSA) is 102 Å². The Morgan fingerprint density at radius 3 is 2.50 bits per heavy atom. The molecule has 1 aromatic heterocycles. The van der Waals surface area contributed by atoms with Gasteiger partial charge in [0.2, 0.25) is 0 Å². The van der Waals surface area contributed by atoms with E-state index in [1.807, 2.05) is 30.3 Å². The maximum absolute atomic E-state index is 13.6. The molecule has 8 nitrogen and oxygen atoms in total. The van der Waals surface area contributed by atoms with E-state index in [-0.39, 0.29) is 18.2 Å². The van der Waals surface area contributed by atoms with Crippen LogP contribution in [0.25, 0.3) is 0 Å². The molecule has 1 aliphatic rings. The van der Waals surface area contributed by atoms with E-state index in [2.05, 4.69) is 5.32 Å². The Labute approximate surface area is 188 Å². The number of carbonyl (C=O) groups is 2. The number of non-ortho nitro benzene ring substituents is 1. The van der Waals surface area contributed by atoms with E-state index < -0.39 is 17.1 Å². The van der Waals surface area contributed by atoms with Gasteiger partial charge < -0.3 is 15.0 Å². The molecule has 2 heterocycles. The van der Waals surface area contributed by atoms with Crippen LogP contribution in [0, 0.1) is 17.0 Å². The summed E-state index contributed by atoms with van der Waals surface area (Å²) < 4.78 is 5.18. The van der Waals surface area contributed by atoms with Crippen LogP contribution >= 0.6 is 11.3 Å². The van der Waals surface area contributed by atoms with Crippen LogP contribution in [0.15, 0.2) is 54.6 Å². The van der Waals surface area contributed by atoms with Crippen LogP contribution in [-0.4, -0.2) is 28.3 Å². The molecular formula is C23H21N3O5S. The lowest BCUT2D eigenvalue weighted by Gasteiger charge is -2.37. The van der Waals surface area contributed by atoms with E-state index in [1.54, 1.807) is 30.9 Å². The average molecular weight is 452 g/mol. The zero-order chi connectivity index (χ0) is 22.8. The molecule has 1 amide bonds. The number of rotatable bonds is 6. The van der Waals surface area contributed by atoms with Gasteiger partial charge in [0, 0.05) is 23.6 Å². The summed E-state index contributed by atoms with van der Waals surface area (Å²) in [5.41, 5.74) is 2.47. The fourth-order valence-electron chi connectivity index (χ4n) is 3.74. The first-order valence-electron chi connectivity index (χ1n) is 10.1. The highest BCUT2D eigenvalue weighted by atomic mass is 32.1. The molecule has 0 fully saturated rings. The summed E-state index contributed by atoms with van der Waals surface area (Å²) in [4.78, 5) is 39.5. The second-order valence-corrected chi connectivity index (χ2v) is 8.50. The molecule has 0 bridgehead atoms. The third-order valence-electron chi connectivity index (χ3n) is 5.23. The highest BCUT2D eigenvalue weighted by Crippen LogP contribution is 2.42. The maximum Gasteiger partial charge on any atom is 0.350 e. The normalized spacial score (nSPS) is 15.1. The zero-order valence-corrected chi connectivity index (χ0v) is 18.3. The number of nitro benzene ring substituents is 1. The lowest BCUT2D eigenvalue weighted by atomic mass is 10.0. The minimum Gasteiger partial charge on any atom is -0.462 e. The van der Waals surface area contributed by atoms with Gasteiger partial charge in [-0.05, 0) is 37.1 Å². The second-order valence-electron chi connectivity index (χ2n) is 7.27. The molecule has 0 aliphatic carbocycles. The van der Waals surface area contributed by atoms with E-state index in [4.69, 9.17) is 4.74 Å². The van der Waals surface area contributed by atoms with Crippen LogP contribution in [0.3, 0.4) is 0 Å². The predicted octanol–water partition coefficient (Wildman–Crippen LogP) is 4.91. The summed E-state index contributed by atoms with van der Waals surface area (Å²) in [7, 11) is 0. The first-order chi connectivity index (χ1) is 15.4. The molecule has 0 spiro atoms. The van der Waals surface area contributed by atoms with Gasteiger partial charge in [0.1, 0.15) is 11.0 Å². The summed E-state index contributed by atoms with van der Waals surface area (Å²) in [6.07, 6.45) is -0.613. The van der Waals surface area contributed by atoms with Crippen molar-refractivity contribution in [3.8, 4) is 0 Å². The summed E-state index contributed by atoms with van der Waals surface area (Å²) in [6.45, 7) is 4.09. The van der Waals surface area contributed by atoms with Crippen molar-refractivity contribution >= 4 is 34.6 Å². The highest BCUT2D eigenvalue weighted by molar-refractivity contribution is 7.15. The fourth-order valence-corrected chi connectivity index (χ4v) is 4.74. The number of carbonyl (C=O) groups excluding carboxylic acids is 2. The number of anilines is 1. The number of aryl methyl sites for hydroxylation is 1. The van der Waals surface area contributed by atoms with E-state index in [0.717, 1.165) is 10.4 Å². The Hall–Kier alpha value is -3.72. The number of nitrogens with zero attached hydrogens (tertiary/aromatic N) is 2. The molecule has 0 radical (unpaired) electrons. The van der Waals surface area contributed by atoms with Crippen LogP contribution in [-0.2, 0) is 11.3 Å². The maximum atomic E-state index is 13.6. The average Bonchev–Trinajstić information content (AvgIpc) is 3.13. The first-order valence-corrected chi connectivity index (χ1v) is 10.9. The van der Waals surface area contributed by atoms with E-state index >= 15 is 0 Å². The largest absolute Gasteiger partial charge is 0.462 e. The number of hydrogen-bond donors (Lipinski definition) is 1. The number of ether oxygens (including phenoxy) is 1. The molecule has 0 saturated carbocycles. The van der Waals surface area contributed by atoms with Crippen LogP contribution in [0.4, 0.5) is 11.4 Å². The second kappa shape index (κ2) is 8.80. The monoisotopic (exact) mass is 451 g/mol. The number of nitro groups is 1. The van der Waals surface area contributed by atoms with Crippen molar-refractivity contribution in [2.24, 2.45) is 0 Å². The minimum absolute atomic E-state index is 0.0372. The number of hydrogen-bond acceptors (Lipinski definition) is 7. The first kappa shape index (κ1) is 21.5. The number of benzene rings is 2. The minimum atomic E-state index is -0.613. The lowest BCUT2D eigenvalue weighted by Crippen LogP contribution is -2.42. The van der Waals surface area contributed by atoms with Crippen LogP contribution in [0.5, 0.6) is 0 Å².